The molecular formula is C19H15F5N4O. The molecule has 0 saturated carbocycles. The summed E-state index contributed by atoms with van der Waals surface area (Å²) in [5.41, 5.74) is -0.927. The second-order valence-corrected chi connectivity index (χ2v) is 6.22. The second-order valence-electron chi connectivity index (χ2n) is 6.22. The molecule has 1 N–H and O–H groups in total. The third kappa shape index (κ3) is 4.25. The number of benzene rings is 1. The van der Waals surface area contributed by atoms with E-state index in [-0.39, 0.29) is 18.1 Å². The van der Waals surface area contributed by atoms with Gasteiger partial charge in [0.15, 0.2) is 5.69 Å². The summed E-state index contributed by atoms with van der Waals surface area (Å²) in [6, 6.07) is 5.69. The Labute approximate surface area is 162 Å². The van der Waals surface area contributed by atoms with E-state index in [0.717, 1.165) is 18.2 Å². The van der Waals surface area contributed by atoms with Gasteiger partial charge in [-0.25, -0.2) is 13.8 Å². The van der Waals surface area contributed by atoms with Crippen LogP contribution in [0.25, 0.3) is 11.3 Å². The molecule has 2 heterocycles. The number of hydrogen-bond acceptors (Lipinski definition) is 3. The average Bonchev–Trinajstić information content (AvgIpc) is 3.06. The summed E-state index contributed by atoms with van der Waals surface area (Å²) in [6.07, 6.45) is -3.35. The van der Waals surface area contributed by atoms with Crippen LogP contribution in [0.5, 0.6) is 0 Å². The van der Waals surface area contributed by atoms with Crippen molar-refractivity contribution < 1.29 is 26.7 Å². The average molecular weight is 410 g/mol. The number of halogens is 5. The molecule has 0 unspecified atom stereocenters. The number of hydrogen-bond donors (Lipinski definition) is 1. The highest BCUT2D eigenvalue weighted by molar-refractivity contribution is 6.04. The molecule has 1 aromatic carbocycles. The van der Waals surface area contributed by atoms with Crippen molar-refractivity contribution in [2.45, 2.75) is 26.6 Å². The molecule has 0 fully saturated rings. The molecule has 0 aliphatic carbocycles. The number of nitrogens with zero attached hydrogens (tertiary/aromatic N) is 3. The van der Waals surface area contributed by atoms with E-state index < -0.39 is 35.0 Å². The van der Waals surface area contributed by atoms with E-state index in [1.165, 1.54) is 29.9 Å². The molecular weight excluding hydrogens is 395 g/mol. The first-order valence-corrected chi connectivity index (χ1v) is 8.48. The summed E-state index contributed by atoms with van der Waals surface area (Å²) in [6.45, 7) is 3.33. The van der Waals surface area contributed by atoms with Crippen LogP contribution in [0, 0.1) is 18.6 Å². The number of alkyl halides is 3. The maximum atomic E-state index is 13.9. The Kier molecular flexibility index (Phi) is 5.36. The first-order chi connectivity index (χ1) is 13.6. The minimum Gasteiger partial charge on any atom is -0.306 e. The number of carbonyl (C=O) groups is 1. The normalized spacial score (nSPS) is 11.6. The molecule has 3 rings (SSSR count). The van der Waals surface area contributed by atoms with Crippen molar-refractivity contribution in [3.63, 3.8) is 0 Å². The monoisotopic (exact) mass is 410 g/mol. The van der Waals surface area contributed by atoms with Crippen molar-refractivity contribution in [3.8, 4) is 11.3 Å². The number of pyridine rings is 1. The maximum absolute atomic E-state index is 13.9. The van der Waals surface area contributed by atoms with Gasteiger partial charge < -0.3 is 5.32 Å². The first kappa shape index (κ1) is 20.4. The SMILES string of the molecule is CCn1nc(C(F)(F)F)cc1-c1ccc(NC(=O)c2c(F)cc(C)cc2F)nc1. The molecule has 1 amide bonds. The molecule has 3 aromatic rings. The van der Waals surface area contributed by atoms with Gasteiger partial charge >= 0.3 is 6.18 Å². The van der Waals surface area contributed by atoms with Crippen molar-refractivity contribution >= 4 is 11.7 Å². The summed E-state index contributed by atoms with van der Waals surface area (Å²) in [5.74, 6) is -3.07. The lowest BCUT2D eigenvalue weighted by molar-refractivity contribution is -0.141. The highest BCUT2D eigenvalue weighted by Crippen LogP contribution is 2.31. The lowest BCUT2D eigenvalue weighted by Gasteiger charge is -2.09. The summed E-state index contributed by atoms with van der Waals surface area (Å²) >= 11 is 0. The van der Waals surface area contributed by atoms with Gasteiger partial charge in [-0.2, -0.15) is 18.3 Å². The molecule has 0 radical (unpaired) electrons. The highest BCUT2D eigenvalue weighted by atomic mass is 19.4. The Morgan fingerprint density at radius 2 is 1.79 bits per heavy atom. The Balaban J connectivity index is 1.85. The second kappa shape index (κ2) is 7.61. The summed E-state index contributed by atoms with van der Waals surface area (Å²) < 4.78 is 67.7. The number of anilines is 1. The van der Waals surface area contributed by atoms with Gasteiger partial charge in [-0.05, 0) is 49.7 Å². The van der Waals surface area contributed by atoms with E-state index in [2.05, 4.69) is 15.4 Å². The van der Waals surface area contributed by atoms with E-state index in [0.29, 0.717) is 11.1 Å². The standard InChI is InChI=1S/C19H15F5N4O/c1-3-28-14(8-15(27-28)19(22,23)24)11-4-5-16(25-9-11)26-18(29)17-12(20)6-10(2)7-13(17)21/h4-9H,3H2,1-2H3,(H,25,26,29). The molecule has 0 saturated heterocycles. The van der Waals surface area contributed by atoms with Crippen LogP contribution < -0.4 is 5.32 Å². The van der Waals surface area contributed by atoms with Gasteiger partial charge in [0, 0.05) is 18.3 Å². The van der Waals surface area contributed by atoms with Gasteiger partial charge in [0.1, 0.15) is 23.0 Å². The van der Waals surface area contributed by atoms with Gasteiger partial charge in [0.25, 0.3) is 5.91 Å². The van der Waals surface area contributed by atoms with Crippen molar-refractivity contribution in [1.29, 1.82) is 0 Å². The Morgan fingerprint density at radius 3 is 2.31 bits per heavy atom. The summed E-state index contributed by atoms with van der Waals surface area (Å²) in [7, 11) is 0. The van der Waals surface area contributed by atoms with Crippen molar-refractivity contribution in [2.75, 3.05) is 5.32 Å². The fourth-order valence-electron chi connectivity index (χ4n) is 2.74. The lowest BCUT2D eigenvalue weighted by Crippen LogP contribution is -2.17. The largest absolute Gasteiger partial charge is 0.435 e. The molecule has 10 heteroatoms. The molecule has 0 atom stereocenters. The molecule has 0 aliphatic rings. The van der Waals surface area contributed by atoms with E-state index in [1.807, 2.05) is 0 Å². The van der Waals surface area contributed by atoms with Crippen LogP contribution in [0.15, 0.2) is 36.5 Å². The van der Waals surface area contributed by atoms with Crippen LogP contribution in [0.4, 0.5) is 27.8 Å². The lowest BCUT2D eigenvalue weighted by atomic mass is 10.1. The molecule has 152 valence electrons. The Morgan fingerprint density at radius 1 is 1.14 bits per heavy atom. The van der Waals surface area contributed by atoms with Gasteiger partial charge in [-0.1, -0.05) is 0 Å². The van der Waals surface area contributed by atoms with Crippen LogP contribution in [-0.2, 0) is 12.7 Å². The Hall–Kier alpha value is -3.30. The van der Waals surface area contributed by atoms with Gasteiger partial charge in [0.05, 0.1) is 5.69 Å². The number of nitrogens with one attached hydrogen (secondary N) is 1. The van der Waals surface area contributed by atoms with E-state index in [1.54, 1.807) is 6.92 Å². The number of rotatable bonds is 4. The van der Waals surface area contributed by atoms with Gasteiger partial charge in [0.2, 0.25) is 0 Å². The van der Waals surface area contributed by atoms with Crippen molar-refractivity contribution in [3.05, 3.63) is 65.0 Å². The predicted molar refractivity (Wildman–Crippen MR) is 95.2 cm³/mol. The maximum Gasteiger partial charge on any atom is 0.435 e. The molecule has 0 bridgehead atoms. The molecule has 2 aromatic heterocycles. The highest BCUT2D eigenvalue weighted by Gasteiger charge is 2.35. The number of amides is 1. The number of aryl methyl sites for hydroxylation is 2. The first-order valence-electron chi connectivity index (χ1n) is 8.48. The van der Waals surface area contributed by atoms with E-state index in [4.69, 9.17) is 0 Å². The summed E-state index contributed by atoms with van der Waals surface area (Å²) in [4.78, 5) is 16.1. The molecule has 0 spiro atoms. The minimum atomic E-state index is -4.58. The third-order valence-electron chi connectivity index (χ3n) is 4.08. The molecule has 0 aliphatic heterocycles. The van der Waals surface area contributed by atoms with Crippen LogP contribution in [0.3, 0.4) is 0 Å². The minimum absolute atomic E-state index is 0.0169. The molecule has 29 heavy (non-hydrogen) atoms. The van der Waals surface area contributed by atoms with E-state index in [9.17, 15) is 26.7 Å². The van der Waals surface area contributed by atoms with Crippen LogP contribution in [-0.4, -0.2) is 20.7 Å². The van der Waals surface area contributed by atoms with Crippen LogP contribution in [0.2, 0.25) is 0 Å². The van der Waals surface area contributed by atoms with Gasteiger partial charge in [-0.15, -0.1) is 0 Å². The smallest absolute Gasteiger partial charge is 0.306 e. The fraction of sp³-hybridized carbons (Fsp3) is 0.211. The quantitative estimate of drug-likeness (QED) is 0.628. The van der Waals surface area contributed by atoms with Crippen molar-refractivity contribution in [2.24, 2.45) is 0 Å². The zero-order valence-corrected chi connectivity index (χ0v) is 15.3. The molecule has 5 nitrogen and oxygen atoms in total. The zero-order chi connectivity index (χ0) is 21.3. The summed E-state index contributed by atoms with van der Waals surface area (Å²) in [5, 5.41) is 5.79. The Bertz CT molecular complexity index is 1030. The van der Waals surface area contributed by atoms with Crippen LogP contribution >= 0.6 is 0 Å². The zero-order valence-electron chi connectivity index (χ0n) is 15.3. The topological polar surface area (TPSA) is 59.8 Å². The number of carbonyl (C=O) groups excluding carboxylic acids is 1. The van der Waals surface area contributed by atoms with E-state index >= 15 is 0 Å². The number of aromatic nitrogens is 3. The third-order valence-corrected chi connectivity index (χ3v) is 4.08. The van der Waals surface area contributed by atoms with Gasteiger partial charge in [-0.3, -0.25) is 9.48 Å². The van der Waals surface area contributed by atoms with Crippen molar-refractivity contribution in [1.82, 2.24) is 14.8 Å². The fourth-order valence-corrected chi connectivity index (χ4v) is 2.74. The predicted octanol–water partition coefficient (Wildman–Crippen LogP) is 4.82. The van der Waals surface area contributed by atoms with Crippen LogP contribution in [0.1, 0.15) is 28.5 Å².